The normalized spacial score (nSPS) is 12.3. The van der Waals surface area contributed by atoms with E-state index >= 15 is 0 Å². The van der Waals surface area contributed by atoms with Crippen molar-refractivity contribution < 1.29 is 9.66 Å². The number of aromatic amines is 1. The molecule has 1 aromatic heterocycles. The lowest BCUT2D eigenvalue weighted by Gasteiger charge is -2.16. The summed E-state index contributed by atoms with van der Waals surface area (Å²) < 4.78 is 5.38. The van der Waals surface area contributed by atoms with Gasteiger partial charge in [0.05, 0.1) is 13.0 Å². The number of benzene rings is 2. The highest BCUT2D eigenvalue weighted by atomic mass is 35.5. The molecule has 0 unspecified atom stereocenters. The van der Waals surface area contributed by atoms with Crippen LogP contribution in [0.15, 0.2) is 48.7 Å². The molecule has 0 aliphatic carbocycles. The van der Waals surface area contributed by atoms with E-state index in [0.717, 1.165) is 22.0 Å². The molecule has 0 bridgehead atoms. The lowest BCUT2D eigenvalue weighted by Crippen LogP contribution is -2.14. The molecule has 118 valence electrons. The van der Waals surface area contributed by atoms with Gasteiger partial charge in [0.15, 0.2) is 0 Å². The lowest BCUT2D eigenvalue weighted by atomic mass is 9.90. The fourth-order valence-electron chi connectivity index (χ4n) is 2.87. The molecule has 1 heterocycles. The first kappa shape index (κ1) is 15.4. The third kappa shape index (κ3) is 3.00. The molecule has 0 saturated heterocycles. The van der Waals surface area contributed by atoms with Crippen LogP contribution >= 0.6 is 11.6 Å². The molecular weight excluding hydrogens is 316 g/mol. The minimum atomic E-state index is -0.423. The molecule has 0 amide bonds. The quantitative estimate of drug-likeness (QED) is 0.562. The van der Waals surface area contributed by atoms with Crippen LogP contribution in [-0.2, 0) is 0 Å². The maximum atomic E-state index is 11.2. The van der Waals surface area contributed by atoms with Gasteiger partial charge in [-0.3, -0.25) is 10.1 Å². The molecule has 0 radical (unpaired) electrons. The van der Waals surface area contributed by atoms with E-state index < -0.39 is 5.92 Å². The second-order valence-electron chi connectivity index (χ2n) is 5.24. The third-order valence-electron chi connectivity index (χ3n) is 3.90. The summed E-state index contributed by atoms with van der Waals surface area (Å²) in [5.41, 5.74) is 2.52. The molecule has 2 aromatic carbocycles. The number of nitro groups is 1. The summed E-state index contributed by atoms with van der Waals surface area (Å²) in [5.74, 6) is 0.212. The Bertz CT molecular complexity index is 860. The summed E-state index contributed by atoms with van der Waals surface area (Å²) in [6.45, 7) is -0.222. The second-order valence-corrected chi connectivity index (χ2v) is 5.68. The van der Waals surface area contributed by atoms with Crippen molar-refractivity contribution in [3.8, 4) is 5.75 Å². The predicted octanol–water partition coefficient (Wildman–Crippen LogP) is 4.24. The highest BCUT2D eigenvalue weighted by Gasteiger charge is 2.26. The highest BCUT2D eigenvalue weighted by Crippen LogP contribution is 2.36. The van der Waals surface area contributed by atoms with Gasteiger partial charge in [-0.05, 0) is 29.8 Å². The average molecular weight is 331 g/mol. The number of aromatic nitrogens is 1. The van der Waals surface area contributed by atoms with E-state index in [1.54, 1.807) is 13.2 Å². The van der Waals surface area contributed by atoms with Gasteiger partial charge >= 0.3 is 0 Å². The number of hydrogen-bond acceptors (Lipinski definition) is 3. The topological polar surface area (TPSA) is 68.2 Å². The summed E-state index contributed by atoms with van der Waals surface area (Å²) in [7, 11) is 1.56. The third-order valence-corrected chi connectivity index (χ3v) is 4.13. The number of ether oxygens (including phenoxy) is 1. The van der Waals surface area contributed by atoms with E-state index in [1.165, 1.54) is 0 Å². The van der Waals surface area contributed by atoms with Crippen molar-refractivity contribution in [2.45, 2.75) is 5.92 Å². The van der Waals surface area contributed by atoms with Crippen molar-refractivity contribution in [1.29, 1.82) is 0 Å². The van der Waals surface area contributed by atoms with Crippen LogP contribution in [0, 0.1) is 10.1 Å². The lowest BCUT2D eigenvalue weighted by molar-refractivity contribution is -0.481. The Hall–Kier alpha value is -2.53. The Labute approximate surface area is 138 Å². The number of nitrogens with one attached hydrogen (secondary N) is 1. The zero-order valence-electron chi connectivity index (χ0n) is 12.5. The van der Waals surface area contributed by atoms with Crippen LogP contribution in [0.5, 0.6) is 5.75 Å². The fraction of sp³-hybridized carbons (Fsp3) is 0.176. The summed E-state index contributed by atoms with van der Waals surface area (Å²) in [6, 6.07) is 12.8. The van der Waals surface area contributed by atoms with Crippen molar-refractivity contribution in [3.05, 3.63) is 74.9 Å². The zero-order valence-corrected chi connectivity index (χ0v) is 13.2. The molecular formula is C17H15ClN2O3. The van der Waals surface area contributed by atoms with Crippen molar-refractivity contribution in [1.82, 2.24) is 4.98 Å². The SMILES string of the molecule is COc1ccccc1[C@H](C[N+](=O)[O-])c1c[nH]c2ccc(Cl)cc12. The van der Waals surface area contributed by atoms with Gasteiger partial charge < -0.3 is 9.72 Å². The first-order valence-electron chi connectivity index (χ1n) is 7.11. The van der Waals surface area contributed by atoms with Crippen LogP contribution < -0.4 is 4.74 Å². The summed E-state index contributed by atoms with van der Waals surface area (Å²) in [6.07, 6.45) is 1.81. The second kappa shape index (κ2) is 6.30. The fourth-order valence-corrected chi connectivity index (χ4v) is 3.04. The van der Waals surface area contributed by atoms with Crippen LogP contribution in [0.25, 0.3) is 10.9 Å². The van der Waals surface area contributed by atoms with Gasteiger partial charge in [-0.1, -0.05) is 29.8 Å². The van der Waals surface area contributed by atoms with Crippen LogP contribution in [0.3, 0.4) is 0 Å². The van der Waals surface area contributed by atoms with E-state index in [0.29, 0.717) is 10.8 Å². The Kier molecular flexibility index (Phi) is 4.21. The number of methoxy groups -OCH3 is 1. The van der Waals surface area contributed by atoms with Crippen molar-refractivity contribution in [2.75, 3.05) is 13.7 Å². The molecule has 0 saturated carbocycles. The van der Waals surface area contributed by atoms with Gasteiger partial charge in [0.2, 0.25) is 6.54 Å². The summed E-state index contributed by atoms with van der Waals surface area (Å²) >= 11 is 6.09. The average Bonchev–Trinajstić information content (AvgIpc) is 2.95. The Morgan fingerprint density at radius 1 is 1.26 bits per heavy atom. The standard InChI is InChI=1S/C17H15ClN2O3/c1-23-17-5-3-2-4-12(17)15(10-20(21)22)14-9-19-16-7-6-11(18)8-13(14)16/h2-9,15,19H,10H2,1H3/t15-/m0/s1. The Morgan fingerprint density at radius 3 is 2.78 bits per heavy atom. The monoisotopic (exact) mass is 330 g/mol. The molecule has 0 spiro atoms. The molecule has 0 aliphatic heterocycles. The molecule has 23 heavy (non-hydrogen) atoms. The molecule has 0 aliphatic rings. The first-order chi connectivity index (χ1) is 11.1. The minimum Gasteiger partial charge on any atom is -0.496 e. The maximum Gasteiger partial charge on any atom is 0.214 e. The minimum absolute atomic E-state index is 0.222. The Morgan fingerprint density at radius 2 is 2.04 bits per heavy atom. The first-order valence-corrected chi connectivity index (χ1v) is 7.49. The van der Waals surface area contributed by atoms with E-state index in [9.17, 15) is 10.1 Å². The zero-order chi connectivity index (χ0) is 16.4. The number of nitrogens with zero attached hydrogens (tertiary/aromatic N) is 1. The van der Waals surface area contributed by atoms with Gasteiger partial charge in [-0.15, -0.1) is 0 Å². The van der Waals surface area contributed by atoms with Crippen molar-refractivity contribution in [2.24, 2.45) is 0 Å². The highest BCUT2D eigenvalue weighted by molar-refractivity contribution is 6.31. The van der Waals surface area contributed by atoms with Crippen molar-refractivity contribution >= 4 is 22.5 Å². The molecule has 6 heteroatoms. The summed E-state index contributed by atoms with van der Waals surface area (Å²) in [4.78, 5) is 14.1. The van der Waals surface area contributed by atoms with Crippen molar-refractivity contribution in [3.63, 3.8) is 0 Å². The number of fused-ring (bicyclic) bond motifs is 1. The van der Waals surface area contributed by atoms with Gasteiger partial charge in [0.1, 0.15) is 5.75 Å². The van der Waals surface area contributed by atoms with Gasteiger partial charge in [-0.2, -0.15) is 0 Å². The van der Waals surface area contributed by atoms with Gasteiger partial charge in [-0.25, -0.2) is 0 Å². The number of para-hydroxylation sites is 1. The number of H-pyrrole nitrogens is 1. The van der Waals surface area contributed by atoms with E-state index in [2.05, 4.69) is 4.98 Å². The number of rotatable bonds is 5. The smallest absolute Gasteiger partial charge is 0.214 e. The van der Waals surface area contributed by atoms with Crippen LogP contribution in [-0.4, -0.2) is 23.6 Å². The molecule has 0 fully saturated rings. The summed E-state index contributed by atoms with van der Waals surface area (Å²) in [5, 5.41) is 12.7. The van der Waals surface area contributed by atoms with E-state index in [-0.39, 0.29) is 11.5 Å². The largest absolute Gasteiger partial charge is 0.496 e. The predicted molar refractivity (Wildman–Crippen MR) is 90.0 cm³/mol. The molecule has 1 N–H and O–H groups in total. The Balaban J connectivity index is 2.18. The van der Waals surface area contributed by atoms with Crippen LogP contribution in [0.4, 0.5) is 0 Å². The molecule has 5 nitrogen and oxygen atoms in total. The van der Waals surface area contributed by atoms with Crippen LogP contribution in [0.1, 0.15) is 17.0 Å². The number of hydrogen-bond donors (Lipinski definition) is 1. The van der Waals surface area contributed by atoms with Gasteiger partial charge in [0, 0.05) is 32.6 Å². The maximum absolute atomic E-state index is 11.2. The molecule has 3 rings (SSSR count). The molecule has 1 atom stereocenters. The van der Waals surface area contributed by atoms with E-state index in [1.807, 2.05) is 42.6 Å². The van der Waals surface area contributed by atoms with Crippen LogP contribution in [0.2, 0.25) is 5.02 Å². The van der Waals surface area contributed by atoms with Gasteiger partial charge in [0.25, 0.3) is 0 Å². The van der Waals surface area contributed by atoms with E-state index in [4.69, 9.17) is 16.3 Å². The number of halogens is 1. The molecule has 3 aromatic rings.